The van der Waals surface area contributed by atoms with Crippen LogP contribution in [-0.4, -0.2) is 49.9 Å². The van der Waals surface area contributed by atoms with Gasteiger partial charge in [0.25, 0.3) is 5.91 Å². The molecule has 1 atom stereocenters. The number of aliphatic hydroxyl groups is 1. The van der Waals surface area contributed by atoms with Crippen LogP contribution in [0.3, 0.4) is 0 Å². The Morgan fingerprint density at radius 1 is 1.25 bits per heavy atom. The monoisotopic (exact) mass is 392 g/mol. The van der Waals surface area contributed by atoms with E-state index in [1.165, 1.54) is 4.90 Å². The highest BCUT2D eigenvalue weighted by molar-refractivity contribution is 6.29. The van der Waals surface area contributed by atoms with Crippen LogP contribution in [0.1, 0.15) is 12.0 Å². The van der Waals surface area contributed by atoms with E-state index in [1.807, 2.05) is 42.6 Å². The van der Waals surface area contributed by atoms with Gasteiger partial charge in [-0.05, 0) is 24.3 Å². The first kappa shape index (κ1) is 18.2. The maximum atomic E-state index is 12.1. The lowest BCUT2D eigenvalue weighted by Gasteiger charge is -2.13. The fraction of sp³-hybridized carbons (Fsp3) is 0.190. The van der Waals surface area contributed by atoms with Crippen molar-refractivity contribution in [2.24, 2.45) is 0 Å². The zero-order chi connectivity index (χ0) is 19.7. The number of rotatable bonds is 2. The molecule has 1 fully saturated rings. The van der Waals surface area contributed by atoms with Crippen molar-refractivity contribution >= 4 is 17.5 Å². The summed E-state index contributed by atoms with van der Waals surface area (Å²) in [6, 6.07) is 12.9. The molecule has 1 aliphatic heterocycles. The van der Waals surface area contributed by atoms with Gasteiger partial charge in [-0.1, -0.05) is 35.6 Å². The Bertz CT molecular complexity index is 1100. The highest BCUT2D eigenvalue weighted by Gasteiger charge is 2.42. The van der Waals surface area contributed by atoms with Crippen molar-refractivity contribution in [2.75, 3.05) is 13.6 Å². The molecule has 0 bridgehead atoms. The average molecular weight is 393 g/mol. The Kier molecular flexibility index (Phi) is 4.63. The molecular formula is C21H17ClN4O2. The third-order valence-corrected chi connectivity index (χ3v) is 4.82. The van der Waals surface area contributed by atoms with Gasteiger partial charge in [0, 0.05) is 49.6 Å². The molecule has 1 aromatic carbocycles. The van der Waals surface area contributed by atoms with Crippen molar-refractivity contribution in [3.05, 3.63) is 65.6 Å². The number of aromatic nitrogens is 3. The quantitative estimate of drug-likeness (QED) is 0.537. The fourth-order valence-corrected chi connectivity index (χ4v) is 3.29. The van der Waals surface area contributed by atoms with Crippen molar-refractivity contribution in [3.63, 3.8) is 0 Å². The minimum absolute atomic E-state index is 0.304. The minimum atomic E-state index is -1.62. The van der Waals surface area contributed by atoms with E-state index in [0.717, 1.165) is 11.3 Å². The van der Waals surface area contributed by atoms with E-state index in [0.29, 0.717) is 29.4 Å². The zero-order valence-electron chi connectivity index (χ0n) is 15.1. The van der Waals surface area contributed by atoms with Crippen LogP contribution in [0.5, 0.6) is 0 Å². The van der Waals surface area contributed by atoms with Gasteiger partial charge in [0.15, 0.2) is 0 Å². The van der Waals surface area contributed by atoms with Gasteiger partial charge in [-0.25, -0.2) is 9.67 Å². The van der Waals surface area contributed by atoms with Crippen molar-refractivity contribution in [1.29, 1.82) is 0 Å². The molecule has 0 spiro atoms. The van der Waals surface area contributed by atoms with E-state index in [2.05, 4.69) is 21.9 Å². The summed E-state index contributed by atoms with van der Waals surface area (Å²) in [5, 5.41) is 15.0. The van der Waals surface area contributed by atoms with Gasteiger partial charge in [0.05, 0.1) is 11.4 Å². The summed E-state index contributed by atoms with van der Waals surface area (Å²) in [5.41, 5.74) is 1.36. The van der Waals surface area contributed by atoms with Crippen molar-refractivity contribution in [2.45, 2.75) is 12.0 Å². The molecule has 7 heteroatoms. The molecule has 140 valence electrons. The van der Waals surface area contributed by atoms with E-state index in [-0.39, 0.29) is 5.91 Å². The van der Waals surface area contributed by atoms with Gasteiger partial charge in [-0.2, -0.15) is 5.10 Å². The number of likely N-dealkylation sites (N-methyl/N-ethyl adjacent to an activating group) is 1. The molecule has 1 aliphatic rings. The minimum Gasteiger partial charge on any atom is -0.369 e. The van der Waals surface area contributed by atoms with Gasteiger partial charge in [0.2, 0.25) is 5.60 Å². The summed E-state index contributed by atoms with van der Waals surface area (Å²) in [7, 11) is 1.66. The second-order valence-corrected chi connectivity index (χ2v) is 7.04. The summed E-state index contributed by atoms with van der Waals surface area (Å²) in [6.07, 6.45) is 3.82. The van der Waals surface area contributed by atoms with Crippen LogP contribution in [0.15, 0.2) is 54.9 Å². The number of carbonyl (C=O) groups is 1. The number of nitrogens with zero attached hydrogens (tertiary/aromatic N) is 4. The van der Waals surface area contributed by atoms with E-state index >= 15 is 0 Å². The molecular weight excluding hydrogens is 376 g/mol. The first-order valence-electron chi connectivity index (χ1n) is 8.74. The summed E-state index contributed by atoms with van der Waals surface area (Å²) >= 11 is 6.20. The molecule has 1 saturated heterocycles. The van der Waals surface area contributed by atoms with E-state index in [9.17, 15) is 9.90 Å². The Labute approximate surface area is 167 Å². The van der Waals surface area contributed by atoms with Crippen LogP contribution >= 0.6 is 11.6 Å². The Hall–Kier alpha value is -3.14. The number of amides is 1. The second kappa shape index (κ2) is 7.12. The van der Waals surface area contributed by atoms with Crippen LogP contribution in [0.25, 0.3) is 16.9 Å². The summed E-state index contributed by atoms with van der Waals surface area (Å²) < 4.78 is 1.71. The van der Waals surface area contributed by atoms with Gasteiger partial charge in [-0.3, -0.25) is 4.79 Å². The molecule has 28 heavy (non-hydrogen) atoms. The summed E-state index contributed by atoms with van der Waals surface area (Å²) in [5.74, 6) is 5.29. The van der Waals surface area contributed by atoms with Crippen LogP contribution in [-0.2, 0) is 4.79 Å². The average Bonchev–Trinajstić information content (AvgIpc) is 3.32. The highest BCUT2D eigenvalue weighted by Crippen LogP contribution is 2.24. The lowest BCUT2D eigenvalue weighted by atomic mass is 10.0. The van der Waals surface area contributed by atoms with Gasteiger partial charge >= 0.3 is 0 Å². The van der Waals surface area contributed by atoms with E-state index in [4.69, 9.17) is 11.6 Å². The molecule has 0 saturated carbocycles. The van der Waals surface area contributed by atoms with Crippen molar-refractivity contribution in [3.8, 4) is 28.8 Å². The third kappa shape index (κ3) is 3.50. The predicted octanol–water partition coefficient (Wildman–Crippen LogP) is 2.53. The number of carbonyl (C=O) groups excluding carboxylic acids is 1. The highest BCUT2D eigenvalue weighted by atomic mass is 35.5. The zero-order valence-corrected chi connectivity index (χ0v) is 15.9. The maximum absolute atomic E-state index is 12.1. The lowest BCUT2D eigenvalue weighted by Crippen LogP contribution is -2.37. The number of pyridine rings is 1. The molecule has 1 N–H and O–H groups in total. The van der Waals surface area contributed by atoms with Crippen LogP contribution in [0, 0.1) is 11.8 Å². The van der Waals surface area contributed by atoms with E-state index < -0.39 is 5.60 Å². The SMILES string of the molecule is CN1CCC(O)(C#Cc2cccc(-c3cc(-n4cccn4)cc(Cl)n3)c2)C1=O. The number of likely N-dealkylation sites (tertiary alicyclic amines) is 1. The standard InChI is InChI=1S/C21H17ClN4O2/c1-25-11-8-21(28,20(25)27)7-6-15-4-2-5-16(12-15)18-13-17(14-19(22)24-18)26-10-3-9-23-26/h2-5,9-10,12-14,28H,8,11H2,1H3. The van der Waals surface area contributed by atoms with Crippen molar-refractivity contribution < 1.29 is 9.90 Å². The predicted molar refractivity (Wildman–Crippen MR) is 106 cm³/mol. The number of hydrogen-bond acceptors (Lipinski definition) is 4. The molecule has 3 aromatic rings. The normalized spacial score (nSPS) is 18.8. The maximum Gasteiger partial charge on any atom is 0.267 e. The Morgan fingerprint density at radius 3 is 2.82 bits per heavy atom. The molecule has 0 aliphatic carbocycles. The Morgan fingerprint density at radius 2 is 2.11 bits per heavy atom. The van der Waals surface area contributed by atoms with Gasteiger partial charge < -0.3 is 10.0 Å². The largest absolute Gasteiger partial charge is 0.369 e. The van der Waals surface area contributed by atoms with Crippen LogP contribution in [0.2, 0.25) is 5.15 Å². The van der Waals surface area contributed by atoms with Crippen LogP contribution in [0.4, 0.5) is 0 Å². The van der Waals surface area contributed by atoms with Crippen molar-refractivity contribution in [1.82, 2.24) is 19.7 Å². The van der Waals surface area contributed by atoms with Crippen LogP contribution < -0.4 is 0 Å². The molecule has 1 unspecified atom stereocenters. The fourth-order valence-electron chi connectivity index (χ4n) is 3.09. The molecule has 1 amide bonds. The first-order chi connectivity index (χ1) is 13.4. The molecule has 2 aromatic heterocycles. The topological polar surface area (TPSA) is 71.2 Å². The Balaban J connectivity index is 1.67. The summed E-state index contributed by atoms with van der Waals surface area (Å²) in [4.78, 5) is 17.9. The van der Waals surface area contributed by atoms with Gasteiger partial charge in [0.1, 0.15) is 5.15 Å². The number of halogens is 1. The smallest absolute Gasteiger partial charge is 0.267 e. The number of benzene rings is 1. The molecule has 0 radical (unpaired) electrons. The molecule has 6 nitrogen and oxygen atoms in total. The second-order valence-electron chi connectivity index (χ2n) is 6.65. The van der Waals surface area contributed by atoms with Gasteiger partial charge in [-0.15, -0.1) is 0 Å². The lowest BCUT2D eigenvalue weighted by molar-refractivity contribution is -0.137. The first-order valence-corrected chi connectivity index (χ1v) is 9.12. The van der Waals surface area contributed by atoms with E-state index in [1.54, 1.807) is 24.0 Å². The molecule has 4 rings (SSSR count). The summed E-state index contributed by atoms with van der Waals surface area (Å²) in [6.45, 7) is 0.493. The molecule has 3 heterocycles. The number of hydrogen-bond donors (Lipinski definition) is 1. The third-order valence-electron chi connectivity index (χ3n) is 4.63.